The largest absolute Gasteiger partial charge is 0.449 e. The fourth-order valence-corrected chi connectivity index (χ4v) is 3.29. The molecule has 3 aromatic rings. The number of pyridine rings is 1. The molecule has 1 amide bonds. The molecule has 0 N–H and O–H groups in total. The molecule has 144 valence electrons. The number of hydrogen-bond donors (Lipinski definition) is 0. The van der Waals surface area contributed by atoms with Crippen LogP contribution in [0.1, 0.15) is 35.5 Å². The highest BCUT2D eigenvalue weighted by Crippen LogP contribution is 2.25. The van der Waals surface area contributed by atoms with Crippen LogP contribution in [0.25, 0.3) is 10.9 Å². The van der Waals surface area contributed by atoms with E-state index >= 15 is 0 Å². The Morgan fingerprint density at radius 2 is 1.71 bits per heavy atom. The molecule has 3 rings (SSSR count). The standard InChI is InChI=1S/C23H24N2O3/c1-5-19-15(2)21(18-13-9-10-14-20(18)24-19)23(27)28-16(3)22(26)25(4)17-11-7-6-8-12-17/h6-14,16H,5H2,1-4H3. The molecule has 1 heterocycles. The smallest absolute Gasteiger partial charge is 0.339 e. The minimum Gasteiger partial charge on any atom is -0.449 e. The summed E-state index contributed by atoms with van der Waals surface area (Å²) in [4.78, 5) is 31.8. The van der Waals surface area contributed by atoms with Gasteiger partial charge in [-0.25, -0.2) is 4.79 Å². The lowest BCUT2D eigenvalue weighted by Crippen LogP contribution is -2.37. The quantitative estimate of drug-likeness (QED) is 0.623. The van der Waals surface area contributed by atoms with E-state index in [1.165, 1.54) is 4.90 Å². The molecular weight excluding hydrogens is 352 g/mol. The molecule has 5 heteroatoms. The lowest BCUT2D eigenvalue weighted by molar-refractivity contribution is -0.126. The zero-order chi connectivity index (χ0) is 20.3. The number of carbonyl (C=O) groups excluding carboxylic acids is 2. The summed E-state index contributed by atoms with van der Waals surface area (Å²) in [6.07, 6.45) is -0.198. The van der Waals surface area contributed by atoms with E-state index in [2.05, 4.69) is 4.98 Å². The van der Waals surface area contributed by atoms with Gasteiger partial charge in [0.1, 0.15) is 0 Å². The number of benzene rings is 2. The van der Waals surface area contributed by atoms with Gasteiger partial charge in [0, 0.05) is 23.8 Å². The van der Waals surface area contributed by atoms with Gasteiger partial charge < -0.3 is 9.64 Å². The first-order chi connectivity index (χ1) is 13.4. The molecule has 1 aromatic heterocycles. The molecule has 0 bridgehead atoms. The maximum atomic E-state index is 13.0. The van der Waals surface area contributed by atoms with Crippen molar-refractivity contribution in [1.82, 2.24) is 4.98 Å². The third-order valence-corrected chi connectivity index (χ3v) is 4.88. The molecule has 0 saturated heterocycles. The molecule has 0 spiro atoms. The number of hydrogen-bond acceptors (Lipinski definition) is 4. The topological polar surface area (TPSA) is 59.5 Å². The predicted octanol–water partition coefficient (Wildman–Crippen LogP) is 4.31. The summed E-state index contributed by atoms with van der Waals surface area (Å²) in [5.74, 6) is -0.792. The van der Waals surface area contributed by atoms with Crippen molar-refractivity contribution in [2.45, 2.75) is 33.3 Å². The maximum absolute atomic E-state index is 13.0. The molecule has 0 fully saturated rings. The Labute approximate surface area is 165 Å². The van der Waals surface area contributed by atoms with E-state index in [1.54, 1.807) is 14.0 Å². The van der Waals surface area contributed by atoms with Gasteiger partial charge in [-0.2, -0.15) is 0 Å². The van der Waals surface area contributed by atoms with E-state index in [4.69, 9.17) is 4.74 Å². The average molecular weight is 376 g/mol. The van der Waals surface area contributed by atoms with Gasteiger partial charge in [-0.3, -0.25) is 9.78 Å². The zero-order valence-corrected chi connectivity index (χ0v) is 16.6. The number of aromatic nitrogens is 1. The van der Waals surface area contributed by atoms with Gasteiger partial charge in [-0.1, -0.05) is 43.3 Å². The van der Waals surface area contributed by atoms with Gasteiger partial charge in [-0.15, -0.1) is 0 Å². The van der Waals surface area contributed by atoms with Crippen LogP contribution in [-0.2, 0) is 16.0 Å². The summed E-state index contributed by atoms with van der Waals surface area (Å²) in [5.41, 5.74) is 3.62. The molecule has 0 aliphatic heterocycles. The third-order valence-electron chi connectivity index (χ3n) is 4.88. The minimum atomic E-state index is -0.908. The van der Waals surface area contributed by atoms with E-state index in [0.717, 1.165) is 27.8 Å². The highest BCUT2D eigenvalue weighted by atomic mass is 16.5. The van der Waals surface area contributed by atoms with Crippen LogP contribution >= 0.6 is 0 Å². The Bertz CT molecular complexity index is 1020. The molecule has 0 saturated carbocycles. The molecule has 5 nitrogen and oxygen atoms in total. The molecule has 0 aliphatic rings. The number of aryl methyl sites for hydroxylation is 1. The van der Waals surface area contributed by atoms with Gasteiger partial charge >= 0.3 is 5.97 Å². The van der Waals surface area contributed by atoms with Crippen LogP contribution in [0.4, 0.5) is 5.69 Å². The summed E-state index contributed by atoms with van der Waals surface area (Å²) >= 11 is 0. The van der Waals surface area contributed by atoms with Crippen molar-refractivity contribution in [3.63, 3.8) is 0 Å². The predicted molar refractivity (Wildman–Crippen MR) is 111 cm³/mol. The molecular formula is C23H24N2O3. The highest BCUT2D eigenvalue weighted by molar-refractivity contribution is 6.06. The van der Waals surface area contributed by atoms with Crippen LogP contribution in [0.2, 0.25) is 0 Å². The van der Waals surface area contributed by atoms with E-state index in [9.17, 15) is 9.59 Å². The van der Waals surface area contributed by atoms with Crippen LogP contribution in [0.15, 0.2) is 54.6 Å². The average Bonchev–Trinajstić information content (AvgIpc) is 2.72. The number of esters is 1. The van der Waals surface area contributed by atoms with Crippen molar-refractivity contribution in [3.05, 3.63) is 71.4 Å². The molecule has 0 radical (unpaired) electrons. The van der Waals surface area contributed by atoms with Gasteiger partial charge in [0.2, 0.25) is 0 Å². The van der Waals surface area contributed by atoms with Crippen molar-refractivity contribution in [3.8, 4) is 0 Å². The Balaban J connectivity index is 1.88. The van der Waals surface area contributed by atoms with E-state index in [-0.39, 0.29) is 5.91 Å². The summed E-state index contributed by atoms with van der Waals surface area (Å²) in [5, 5.41) is 0.735. The van der Waals surface area contributed by atoms with Crippen molar-refractivity contribution < 1.29 is 14.3 Å². The third kappa shape index (κ3) is 3.74. The fourth-order valence-electron chi connectivity index (χ4n) is 3.29. The molecule has 1 atom stereocenters. The van der Waals surface area contributed by atoms with Crippen molar-refractivity contribution in [1.29, 1.82) is 0 Å². The number of carbonyl (C=O) groups is 2. The van der Waals surface area contributed by atoms with Crippen molar-refractivity contribution >= 4 is 28.5 Å². The van der Waals surface area contributed by atoms with Gasteiger partial charge in [0.15, 0.2) is 6.10 Å². The maximum Gasteiger partial charge on any atom is 0.339 e. The Morgan fingerprint density at radius 1 is 1.07 bits per heavy atom. The van der Waals surface area contributed by atoms with E-state index < -0.39 is 12.1 Å². The summed E-state index contributed by atoms with van der Waals surface area (Å²) in [6, 6.07) is 16.7. The number of para-hydroxylation sites is 2. The molecule has 1 unspecified atom stereocenters. The molecule has 0 aliphatic carbocycles. The Kier molecular flexibility index (Phi) is 5.73. The lowest BCUT2D eigenvalue weighted by atomic mass is 10.0. The number of likely N-dealkylation sites (N-methyl/N-ethyl adjacent to an activating group) is 1. The second-order valence-corrected chi connectivity index (χ2v) is 6.71. The summed E-state index contributed by atoms with van der Waals surface area (Å²) in [7, 11) is 1.67. The second-order valence-electron chi connectivity index (χ2n) is 6.71. The minimum absolute atomic E-state index is 0.286. The van der Waals surface area contributed by atoms with Crippen LogP contribution < -0.4 is 4.90 Å². The SMILES string of the molecule is CCc1nc2ccccc2c(C(=O)OC(C)C(=O)N(C)c2ccccc2)c1C. The Hall–Kier alpha value is -3.21. The molecule has 2 aromatic carbocycles. The van der Waals surface area contributed by atoms with Gasteiger partial charge in [0.05, 0.1) is 11.1 Å². The number of rotatable bonds is 5. The summed E-state index contributed by atoms with van der Waals surface area (Å²) in [6.45, 7) is 5.47. The van der Waals surface area contributed by atoms with Gasteiger partial charge in [-0.05, 0) is 44.0 Å². The number of fused-ring (bicyclic) bond motifs is 1. The van der Waals surface area contributed by atoms with E-state index in [0.29, 0.717) is 12.0 Å². The monoisotopic (exact) mass is 376 g/mol. The highest BCUT2D eigenvalue weighted by Gasteiger charge is 2.25. The number of amides is 1. The van der Waals surface area contributed by atoms with Crippen LogP contribution in [-0.4, -0.2) is 30.0 Å². The molecule has 28 heavy (non-hydrogen) atoms. The zero-order valence-electron chi connectivity index (χ0n) is 16.6. The van der Waals surface area contributed by atoms with Gasteiger partial charge in [0.25, 0.3) is 5.91 Å². The first-order valence-electron chi connectivity index (χ1n) is 9.35. The van der Waals surface area contributed by atoms with Crippen molar-refractivity contribution in [2.24, 2.45) is 0 Å². The number of ether oxygens (including phenoxy) is 1. The Morgan fingerprint density at radius 3 is 2.39 bits per heavy atom. The van der Waals surface area contributed by atoms with Crippen LogP contribution in [0, 0.1) is 6.92 Å². The fraction of sp³-hybridized carbons (Fsp3) is 0.261. The van der Waals surface area contributed by atoms with Crippen LogP contribution in [0.3, 0.4) is 0 Å². The summed E-state index contributed by atoms with van der Waals surface area (Å²) < 4.78 is 5.57. The number of anilines is 1. The first-order valence-corrected chi connectivity index (χ1v) is 9.35. The second kappa shape index (κ2) is 8.21. The van der Waals surface area contributed by atoms with Crippen molar-refractivity contribution in [2.75, 3.05) is 11.9 Å². The normalized spacial score (nSPS) is 11.9. The first kappa shape index (κ1) is 19.5. The lowest BCUT2D eigenvalue weighted by Gasteiger charge is -2.22. The number of nitrogens with zero attached hydrogens (tertiary/aromatic N) is 2. The van der Waals surface area contributed by atoms with E-state index in [1.807, 2.05) is 68.4 Å². The van der Waals surface area contributed by atoms with Crippen LogP contribution in [0.5, 0.6) is 0 Å².